The quantitative estimate of drug-likeness (QED) is 0.607. The monoisotopic (exact) mass is 212 g/mol. The van der Waals surface area contributed by atoms with E-state index in [1.54, 1.807) is 0 Å². The Morgan fingerprint density at radius 3 is 2.13 bits per heavy atom. The zero-order chi connectivity index (χ0) is 11.3. The maximum Gasteiger partial charge on any atom is 0.0606 e. The molecule has 0 radical (unpaired) electrons. The molecular weight excluding hydrogens is 184 g/mol. The normalized spacial score (nSPS) is 19.6. The highest BCUT2D eigenvalue weighted by Crippen LogP contribution is 2.34. The van der Waals surface area contributed by atoms with E-state index in [0.717, 1.165) is 11.8 Å². The minimum Gasteiger partial charge on any atom is -0.375 e. The fourth-order valence-electron chi connectivity index (χ4n) is 2.30. The molecule has 0 aromatic carbocycles. The summed E-state index contributed by atoms with van der Waals surface area (Å²) < 4.78 is 6.04. The van der Waals surface area contributed by atoms with Gasteiger partial charge in [0.1, 0.15) is 0 Å². The smallest absolute Gasteiger partial charge is 0.0606 e. The molecule has 1 aliphatic rings. The molecular formula is C14H28O. The molecule has 0 bridgehead atoms. The second-order valence-electron chi connectivity index (χ2n) is 5.74. The van der Waals surface area contributed by atoms with Gasteiger partial charge in [0.05, 0.1) is 12.2 Å². The summed E-state index contributed by atoms with van der Waals surface area (Å²) >= 11 is 0. The van der Waals surface area contributed by atoms with Gasteiger partial charge < -0.3 is 4.74 Å². The molecule has 1 aliphatic carbocycles. The van der Waals surface area contributed by atoms with Crippen LogP contribution >= 0.6 is 0 Å². The lowest BCUT2D eigenvalue weighted by Crippen LogP contribution is -2.31. The van der Waals surface area contributed by atoms with E-state index in [-0.39, 0.29) is 0 Å². The molecule has 0 aromatic rings. The minimum atomic E-state index is 0.398. The molecule has 1 saturated carbocycles. The van der Waals surface area contributed by atoms with Crippen molar-refractivity contribution in [2.75, 3.05) is 0 Å². The summed E-state index contributed by atoms with van der Waals surface area (Å²) in [5.74, 6) is 1.71. The van der Waals surface area contributed by atoms with Crippen LogP contribution in [0.3, 0.4) is 0 Å². The third kappa shape index (κ3) is 5.01. The van der Waals surface area contributed by atoms with E-state index in [9.17, 15) is 0 Å². The van der Waals surface area contributed by atoms with Crippen molar-refractivity contribution in [1.29, 1.82) is 0 Å². The first-order chi connectivity index (χ1) is 7.09. The summed E-state index contributed by atoms with van der Waals surface area (Å²) in [7, 11) is 0. The minimum absolute atomic E-state index is 0.398. The van der Waals surface area contributed by atoms with Gasteiger partial charge in [-0.3, -0.25) is 0 Å². The van der Waals surface area contributed by atoms with Gasteiger partial charge in [0.2, 0.25) is 0 Å². The number of hydrogen-bond acceptors (Lipinski definition) is 1. The Labute approximate surface area is 95.6 Å². The maximum atomic E-state index is 6.04. The van der Waals surface area contributed by atoms with Crippen LogP contribution in [-0.2, 0) is 4.74 Å². The van der Waals surface area contributed by atoms with Gasteiger partial charge in [0.15, 0.2) is 0 Å². The molecule has 0 N–H and O–H groups in total. The molecule has 0 amide bonds. The Balaban J connectivity index is 2.22. The van der Waals surface area contributed by atoms with Crippen LogP contribution in [0.1, 0.15) is 66.2 Å². The van der Waals surface area contributed by atoms with Gasteiger partial charge >= 0.3 is 0 Å². The summed E-state index contributed by atoms with van der Waals surface area (Å²) in [4.78, 5) is 0. The summed E-state index contributed by atoms with van der Waals surface area (Å²) in [5, 5.41) is 0. The zero-order valence-corrected chi connectivity index (χ0v) is 11.0. The summed E-state index contributed by atoms with van der Waals surface area (Å²) in [6.07, 6.45) is 9.15. The fourth-order valence-corrected chi connectivity index (χ4v) is 2.30. The second kappa shape index (κ2) is 6.52. The molecule has 0 spiro atoms. The molecule has 0 heterocycles. The van der Waals surface area contributed by atoms with Crippen molar-refractivity contribution in [3.05, 3.63) is 0 Å². The highest BCUT2D eigenvalue weighted by atomic mass is 16.5. The van der Waals surface area contributed by atoms with E-state index in [4.69, 9.17) is 4.74 Å². The summed E-state index contributed by atoms with van der Waals surface area (Å²) in [6, 6.07) is 0. The first-order valence-electron chi connectivity index (χ1n) is 6.75. The van der Waals surface area contributed by atoms with Gasteiger partial charge in [-0.05, 0) is 44.9 Å². The molecule has 90 valence electrons. The topological polar surface area (TPSA) is 9.23 Å². The van der Waals surface area contributed by atoms with Crippen LogP contribution in [0.15, 0.2) is 0 Å². The van der Waals surface area contributed by atoms with Crippen molar-refractivity contribution in [2.24, 2.45) is 11.8 Å². The average molecular weight is 212 g/mol. The standard InChI is InChI=1S/C14H28O/c1-11(2)7-5-10-14(15-12(3)4)13-8-6-9-13/h11-14H,5-10H2,1-4H3/t14-/m1/s1. The number of rotatable bonds is 7. The van der Waals surface area contributed by atoms with E-state index < -0.39 is 0 Å². The number of ether oxygens (including phenoxy) is 1. The molecule has 1 rings (SSSR count). The van der Waals surface area contributed by atoms with Crippen LogP contribution in [0.4, 0.5) is 0 Å². The Kier molecular flexibility index (Phi) is 5.66. The van der Waals surface area contributed by atoms with Crippen molar-refractivity contribution < 1.29 is 4.74 Å². The van der Waals surface area contributed by atoms with Crippen LogP contribution < -0.4 is 0 Å². The van der Waals surface area contributed by atoms with Crippen LogP contribution in [0.25, 0.3) is 0 Å². The predicted molar refractivity (Wildman–Crippen MR) is 66.0 cm³/mol. The molecule has 1 nitrogen and oxygen atoms in total. The van der Waals surface area contributed by atoms with E-state index in [2.05, 4.69) is 27.7 Å². The maximum absolute atomic E-state index is 6.04. The Bertz CT molecular complexity index is 159. The third-order valence-corrected chi connectivity index (χ3v) is 3.39. The molecule has 1 heteroatoms. The van der Waals surface area contributed by atoms with Crippen molar-refractivity contribution in [3.63, 3.8) is 0 Å². The molecule has 0 saturated heterocycles. The third-order valence-electron chi connectivity index (χ3n) is 3.39. The van der Waals surface area contributed by atoms with Gasteiger partial charge in [-0.2, -0.15) is 0 Å². The van der Waals surface area contributed by atoms with E-state index >= 15 is 0 Å². The summed E-state index contributed by atoms with van der Waals surface area (Å²) in [6.45, 7) is 8.94. The highest BCUT2D eigenvalue weighted by Gasteiger charge is 2.28. The fraction of sp³-hybridized carbons (Fsp3) is 1.00. The van der Waals surface area contributed by atoms with Crippen molar-refractivity contribution in [1.82, 2.24) is 0 Å². The Morgan fingerprint density at radius 1 is 1.07 bits per heavy atom. The predicted octanol–water partition coefficient (Wildman–Crippen LogP) is 4.41. The molecule has 1 atom stereocenters. The van der Waals surface area contributed by atoms with Crippen molar-refractivity contribution in [3.8, 4) is 0 Å². The lowest BCUT2D eigenvalue weighted by Gasteiger charge is -2.35. The van der Waals surface area contributed by atoms with Gasteiger partial charge in [0, 0.05) is 0 Å². The molecule has 15 heavy (non-hydrogen) atoms. The largest absolute Gasteiger partial charge is 0.375 e. The van der Waals surface area contributed by atoms with Crippen LogP contribution in [0.5, 0.6) is 0 Å². The van der Waals surface area contributed by atoms with Crippen molar-refractivity contribution in [2.45, 2.75) is 78.4 Å². The van der Waals surface area contributed by atoms with Gasteiger partial charge in [-0.15, -0.1) is 0 Å². The van der Waals surface area contributed by atoms with Crippen LogP contribution in [-0.4, -0.2) is 12.2 Å². The van der Waals surface area contributed by atoms with Crippen LogP contribution in [0, 0.1) is 11.8 Å². The van der Waals surface area contributed by atoms with Gasteiger partial charge in [-0.1, -0.05) is 33.1 Å². The summed E-state index contributed by atoms with van der Waals surface area (Å²) in [5.41, 5.74) is 0. The Hall–Kier alpha value is -0.0400. The average Bonchev–Trinajstić information content (AvgIpc) is 1.98. The Morgan fingerprint density at radius 2 is 1.73 bits per heavy atom. The number of hydrogen-bond donors (Lipinski definition) is 0. The first-order valence-corrected chi connectivity index (χ1v) is 6.75. The van der Waals surface area contributed by atoms with Gasteiger partial charge in [0.25, 0.3) is 0 Å². The van der Waals surface area contributed by atoms with Crippen LogP contribution in [0.2, 0.25) is 0 Å². The molecule has 1 fully saturated rings. The van der Waals surface area contributed by atoms with E-state index in [1.807, 2.05) is 0 Å². The molecule has 0 aromatic heterocycles. The van der Waals surface area contributed by atoms with Gasteiger partial charge in [-0.25, -0.2) is 0 Å². The SMILES string of the molecule is CC(C)CCC[C@@H](OC(C)C)C1CCC1. The van der Waals surface area contributed by atoms with E-state index in [1.165, 1.54) is 38.5 Å². The first kappa shape index (κ1) is 13.0. The lowest BCUT2D eigenvalue weighted by atomic mass is 9.79. The van der Waals surface area contributed by atoms with Crippen molar-refractivity contribution >= 4 is 0 Å². The lowest BCUT2D eigenvalue weighted by molar-refractivity contribution is -0.0523. The molecule has 0 unspecified atom stereocenters. The second-order valence-corrected chi connectivity index (χ2v) is 5.74. The molecule has 0 aliphatic heterocycles. The zero-order valence-electron chi connectivity index (χ0n) is 11.0. The van der Waals surface area contributed by atoms with E-state index in [0.29, 0.717) is 12.2 Å². The highest BCUT2D eigenvalue weighted by molar-refractivity contribution is 4.78.